The number of halogens is 1. The van der Waals surface area contributed by atoms with E-state index in [4.69, 9.17) is 20.3 Å². The van der Waals surface area contributed by atoms with Crippen molar-refractivity contribution in [1.82, 2.24) is 30.2 Å². The van der Waals surface area contributed by atoms with Gasteiger partial charge in [-0.05, 0) is 105 Å². The van der Waals surface area contributed by atoms with Crippen LogP contribution in [0.3, 0.4) is 0 Å². The van der Waals surface area contributed by atoms with Gasteiger partial charge in [0.1, 0.15) is 31.6 Å². The summed E-state index contributed by atoms with van der Waals surface area (Å²) in [5.74, 6) is -2.33. The number of nitrogens with two attached hydrogens (primary N) is 1. The first-order valence-electron chi connectivity index (χ1n) is 26.1. The average Bonchev–Trinajstić information content (AvgIpc) is 3.64. The molecule has 26 nitrogen and oxygen atoms in total. The van der Waals surface area contributed by atoms with Gasteiger partial charge in [-0.3, -0.25) is 9.59 Å². The van der Waals surface area contributed by atoms with E-state index < -0.39 is 35.6 Å². The smallest absolute Gasteiger partial charge is 0.407 e. The molecule has 8 aromatic rings. The van der Waals surface area contributed by atoms with E-state index in [1.807, 2.05) is 26.8 Å². The maximum absolute atomic E-state index is 13.0. The van der Waals surface area contributed by atoms with Gasteiger partial charge in [-0.1, -0.05) is 0 Å². The molecule has 0 unspecified atom stereocenters. The summed E-state index contributed by atoms with van der Waals surface area (Å²) < 4.78 is 14.8. The lowest BCUT2D eigenvalue weighted by atomic mass is 10.1. The maximum atomic E-state index is 13.0. The molecule has 460 valence electrons. The number of thiophene rings is 3. The zero-order valence-corrected chi connectivity index (χ0v) is 52.7. The number of amides is 3. The number of carbonyl (C=O) groups is 7. The Morgan fingerprint density at radius 1 is 0.563 bits per heavy atom. The number of nitrogens with zero attached hydrogens (tertiary/aromatic N) is 7. The third-order valence-corrected chi connectivity index (χ3v) is 17.2. The highest BCUT2D eigenvalue weighted by molar-refractivity contribution is 7.15. The van der Waals surface area contributed by atoms with Crippen LogP contribution in [0.2, 0.25) is 0 Å². The van der Waals surface area contributed by atoms with E-state index in [0.29, 0.717) is 72.5 Å². The first-order chi connectivity index (χ1) is 41.2. The summed E-state index contributed by atoms with van der Waals surface area (Å²) in [5, 5.41) is 46.9. The van der Waals surface area contributed by atoms with Gasteiger partial charge in [-0.2, -0.15) is 0 Å². The van der Waals surface area contributed by atoms with Crippen molar-refractivity contribution < 1.29 is 58.0 Å². The first kappa shape index (κ1) is 66.2. The van der Waals surface area contributed by atoms with Crippen LogP contribution < -0.4 is 47.4 Å². The number of esters is 2. The lowest BCUT2D eigenvalue weighted by Crippen LogP contribution is -2.46. The van der Waals surface area contributed by atoms with Gasteiger partial charge in [0.2, 0.25) is 0 Å². The van der Waals surface area contributed by atoms with Crippen LogP contribution in [0.4, 0.5) is 60.3 Å². The molecule has 2 aliphatic heterocycles. The molecule has 0 aliphatic carbocycles. The molecular weight excluding hydrogens is 1260 g/mol. The molecule has 33 heteroatoms. The quantitative estimate of drug-likeness (QED) is 0.0302. The molecule has 10 rings (SSSR count). The van der Waals surface area contributed by atoms with E-state index in [1.165, 1.54) is 64.9 Å². The number of alkyl carbamates (subject to hydrolysis) is 1. The Morgan fingerprint density at radius 3 is 1.37 bits per heavy atom. The molecule has 87 heavy (non-hydrogen) atoms. The monoisotopic (exact) mass is 1320 g/mol. The van der Waals surface area contributed by atoms with Crippen LogP contribution >= 0.6 is 80.4 Å². The van der Waals surface area contributed by atoms with Crippen LogP contribution in [0.25, 0.3) is 0 Å². The van der Waals surface area contributed by atoms with E-state index in [1.54, 1.807) is 75.7 Å². The van der Waals surface area contributed by atoms with Gasteiger partial charge < -0.3 is 71.9 Å². The van der Waals surface area contributed by atoms with E-state index in [-0.39, 0.29) is 58.3 Å². The second-order valence-corrected chi connectivity index (χ2v) is 24.8. The van der Waals surface area contributed by atoms with Gasteiger partial charge in [0.05, 0.1) is 42.7 Å². The zero-order valence-electron chi connectivity index (χ0n) is 47.0. The van der Waals surface area contributed by atoms with Crippen LogP contribution in [0.1, 0.15) is 107 Å². The number of thiazole rings is 3. The summed E-state index contributed by atoms with van der Waals surface area (Å²) in [6.45, 7) is 8.40. The Morgan fingerprint density at radius 2 is 0.966 bits per heavy atom. The largest absolute Gasteiger partial charge is 0.477 e. The third kappa shape index (κ3) is 18.3. The number of anilines is 10. The number of aromatic carboxylic acids is 2. The number of piperidine rings is 2. The molecule has 3 amide bonds. The molecule has 2 fully saturated rings. The highest BCUT2D eigenvalue weighted by Gasteiger charge is 2.27. The number of hydrogen-bond acceptors (Lipinski definition) is 27. The van der Waals surface area contributed by atoms with E-state index in [9.17, 15) is 38.7 Å². The number of aromatic nitrogens is 5. The molecule has 2 saturated heterocycles. The van der Waals surface area contributed by atoms with Gasteiger partial charge in [0.15, 0.2) is 32.7 Å². The van der Waals surface area contributed by atoms with Gasteiger partial charge in [0.25, 0.3) is 11.8 Å². The highest BCUT2D eigenvalue weighted by atomic mass is 35.5. The summed E-state index contributed by atoms with van der Waals surface area (Å²) >= 11 is 7.26. The lowest BCUT2D eigenvalue weighted by molar-refractivity contribution is 0.0494. The first-order valence-corrected chi connectivity index (χ1v) is 31.3. The summed E-state index contributed by atoms with van der Waals surface area (Å²) in [5.41, 5.74) is 8.65. The lowest BCUT2D eigenvalue weighted by Gasteiger charge is -2.34. The van der Waals surface area contributed by atoms with Crippen LogP contribution in [-0.4, -0.2) is 135 Å². The second-order valence-electron chi connectivity index (χ2n) is 19.5. The molecular formula is C54H59ClN14O12S6. The van der Waals surface area contributed by atoms with Crippen molar-refractivity contribution in [3.05, 3.63) is 119 Å². The summed E-state index contributed by atoms with van der Waals surface area (Å²) in [7, 11) is 2.63. The van der Waals surface area contributed by atoms with Crippen molar-refractivity contribution in [3.8, 4) is 0 Å². The van der Waals surface area contributed by atoms with Crippen LogP contribution in [0.15, 0.2) is 87.1 Å². The molecule has 0 bridgehead atoms. The number of ether oxygens (including phenoxy) is 3. The SMILES string of the molecule is COC(=O)c1sccc1Nc1nc(C(=O)Nc2cccnc2N2CCC(NC(=O)OC(C)(C)C)CC2)cs1.COC(=O)c1sccc1Nc1nc(C(=O)O)cs1.Cl.NC1CCN(c2ncccc2NC(=O)c2csc(Nc3ccsc3C(=O)O)n2)CC1. The highest BCUT2D eigenvalue weighted by Crippen LogP contribution is 2.33. The topological polar surface area (TPSA) is 357 Å². The number of methoxy groups -OCH3 is 2. The number of pyridine rings is 2. The van der Waals surface area contributed by atoms with Crippen molar-refractivity contribution in [2.45, 2.75) is 64.1 Å². The summed E-state index contributed by atoms with van der Waals surface area (Å²) in [6, 6.07) is 12.5. The van der Waals surface area contributed by atoms with Crippen molar-refractivity contribution >= 4 is 178 Å². The van der Waals surface area contributed by atoms with E-state index in [2.05, 4.69) is 71.4 Å². The third-order valence-electron chi connectivity index (χ3n) is 12.3. The molecule has 0 atom stereocenters. The maximum Gasteiger partial charge on any atom is 0.407 e. The standard InChI is InChI=1S/C25H30N6O5S2.C19H20N6O3S2.C10H8N2O4S2.ClH/c1-25(2,3)36-24(34)27-15-7-11-31(12-8-15)20-17(6-5-10-26-20)28-21(32)18-14-38-23(30-18)29-16-9-13-37-19(16)22(33)35-4;20-11-3-7-25(8-4-11)16-13(2-1-6-21-16)22-17(26)14-10-30-19(24-14)23-12-5-9-29-15(12)18(27)28;1-16-9(15)7-5(2-3-17-7)11-10-12-6(4-18-10)8(13)14;/h5-6,9-10,13-15H,7-8,11-12H2,1-4H3,(H,27,34)(H,28,32)(H,29,30);1-2,5-6,9-11H,3-4,7-8,20H2,(H,22,26)(H,23,24)(H,27,28);2-4H,1H3,(H,11,12)(H,13,14);1H. The predicted octanol–water partition coefficient (Wildman–Crippen LogP) is 11.0. The van der Waals surface area contributed by atoms with Gasteiger partial charge in [0, 0.05) is 66.8 Å². The number of carboxylic acids is 2. The van der Waals surface area contributed by atoms with E-state index in [0.717, 1.165) is 67.3 Å². The summed E-state index contributed by atoms with van der Waals surface area (Å²) in [4.78, 5) is 110. The predicted molar refractivity (Wildman–Crippen MR) is 341 cm³/mol. The average molecular weight is 1320 g/mol. The number of hydrogen-bond donors (Lipinski definition) is 9. The molecule has 2 aliphatic rings. The minimum atomic E-state index is -1.09. The van der Waals surface area contributed by atoms with Gasteiger partial charge >= 0.3 is 30.0 Å². The molecule has 8 aromatic heterocycles. The van der Waals surface area contributed by atoms with Crippen LogP contribution in [-0.2, 0) is 14.2 Å². The number of nitrogens with one attached hydrogen (secondary N) is 6. The van der Waals surface area contributed by atoms with Crippen molar-refractivity contribution in [2.24, 2.45) is 5.73 Å². The zero-order chi connectivity index (χ0) is 61.5. The number of rotatable bonds is 17. The van der Waals surface area contributed by atoms with Crippen molar-refractivity contribution in [1.29, 1.82) is 0 Å². The molecule has 0 radical (unpaired) electrons. The number of carbonyl (C=O) groups excluding carboxylic acids is 5. The van der Waals surface area contributed by atoms with Crippen LogP contribution in [0, 0.1) is 0 Å². The Bertz CT molecular complexity index is 3670. The fourth-order valence-corrected chi connectivity index (χ4v) is 12.5. The normalized spacial score (nSPS) is 13.2. The molecule has 0 aromatic carbocycles. The number of carboxylic acid groups (broad SMARTS) is 2. The minimum Gasteiger partial charge on any atom is -0.477 e. The fourth-order valence-electron chi connectivity index (χ4n) is 8.22. The van der Waals surface area contributed by atoms with E-state index >= 15 is 0 Å². The second kappa shape index (κ2) is 30.8. The van der Waals surface area contributed by atoms with Crippen molar-refractivity contribution in [3.63, 3.8) is 0 Å². The Labute approximate surface area is 528 Å². The molecule has 0 saturated carbocycles. The van der Waals surface area contributed by atoms with Gasteiger partial charge in [-0.25, -0.2) is 48.9 Å². The Balaban J connectivity index is 0.000000197. The molecule has 10 N–H and O–H groups in total. The minimum absolute atomic E-state index is 0. The van der Waals surface area contributed by atoms with Gasteiger partial charge in [-0.15, -0.1) is 80.4 Å². The Kier molecular flexibility index (Phi) is 23.4. The van der Waals surface area contributed by atoms with Crippen LogP contribution in [0.5, 0.6) is 0 Å². The molecule has 0 spiro atoms. The van der Waals surface area contributed by atoms with Crippen molar-refractivity contribution in [2.75, 3.05) is 76.8 Å². The molecule has 10 heterocycles. The Hall–Kier alpha value is -8.37. The summed E-state index contributed by atoms with van der Waals surface area (Å²) in [6.07, 6.45) is 6.17. The fraction of sp³-hybridized carbons (Fsp3) is 0.296.